The van der Waals surface area contributed by atoms with Gasteiger partial charge in [0.1, 0.15) is 12.4 Å². The second-order valence-corrected chi connectivity index (χ2v) is 6.50. The van der Waals surface area contributed by atoms with E-state index in [0.717, 1.165) is 16.7 Å². The summed E-state index contributed by atoms with van der Waals surface area (Å²) in [5.74, 6) is 1.59. The van der Waals surface area contributed by atoms with Crippen LogP contribution in [0.25, 0.3) is 10.8 Å². The first-order valence-electron chi connectivity index (χ1n) is 9.52. The van der Waals surface area contributed by atoms with Crippen molar-refractivity contribution in [1.82, 2.24) is 10.6 Å². The van der Waals surface area contributed by atoms with E-state index in [2.05, 4.69) is 33.8 Å². The third kappa shape index (κ3) is 6.61. The molecule has 0 spiro atoms. The fourth-order valence-corrected chi connectivity index (χ4v) is 3.11. The van der Waals surface area contributed by atoms with Crippen LogP contribution in [0.4, 0.5) is 0 Å². The van der Waals surface area contributed by atoms with Crippen LogP contribution in [-0.2, 0) is 0 Å². The Morgan fingerprint density at radius 3 is 2.45 bits per heavy atom. The molecular weight excluding hydrogens is 477 g/mol. The minimum atomic E-state index is 0. The van der Waals surface area contributed by atoms with Gasteiger partial charge in [-0.05, 0) is 17.0 Å². The van der Waals surface area contributed by atoms with Crippen LogP contribution in [0.15, 0.2) is 77.8 Å². The minimum absolute atomic E-state index is 0. The maximum absolute atomic E-state index is 9.67. The number of fused-ring (bicyclic) bond motifs is 1. The van der Waals surface area contributed by atoms with Crippen molar-refractivity contribution in [2.75, 3.05) is 33.4 Å². The molecule has 0 saturated carbocycles. The van der Waals surface area contributed by atoms with Gasteiger partial charge in [-0.1, -0.05) is 66.7 Å². The van der Waals surface area contributed by atoms with E-state index in [1.807, 2.05) is 54.6 Å². The number of aliphatic hydroxyl groups is 1. The van der Waals surface area contributed by atoms with Gasteiger partial charge in [0.05, 0.1) is 13.2 Å². The fourth-order valence-electron chi connectivity index (χ4n) is 3.11. The number of hydrogen-bond acceptors (Lipinski definition) is 3. The first-order chi connectivity index (χ1) is 13.8. The highest BCUT2D eigenvalue weighted by Gasteiger charge is 2.10. The third-order valence-corrected chi connectivity index (χ3v) is 4.63. The van der Waals surface area contributed by atoms with Crippen molar-refractivity contribution in [3.05, 3.63) is 78.4 Å². The Morgan fingerprint density at radius 1 is 0.966 bits per heavy atom. The predicted molar refractivity (Wildman–Crippen MR) is 130 cm³/mol. The van der Waals surface area contributed by atoms with Crippen LogP contribution in [0, 0.1) is 0 Å². The van der Waals surface area contributed by atoms with Gasteiger partial charge in [-0.25, -0.2) is 0 Å². The number of halogens is 1. The molecule has 0 aromatic heterocycles. The zero-order valence-corrected chi connectivity index (χ0v) is 18.9. The molecule has 0 radical (unpaired) electrons. The van der Waals surface area contributed by atoms with Crippen molar-refractivity contribution in [3.63, 3.8) is 0 Å². The third-order valence-electron chi connectivity index (χ3n) is 4.63. The minimum Gasteiger partial charge on any atom is -0.491 e. The summed E-state index contributed by atoms with van der Waals surface area (Å²) in [6, 6.07) is 24.2. The molecule has 0 fully saturated rings. The normalized spacial score (nSPS) is 12.1. The Labute approximate surface area is 189 Å². The number of hydrogen-bond donors (Lipinski definition) is 3. The van der Waals surface area contributed by atoms with E-state index in [1.165, 1.54) is 5.39 Å². The number of nitrogens with zero attached hydrogens (tertiary/aromatic N) is 1. The van der Waals surface area contributed by atoms with Crippen LogP contribution in [-0.4, -0.2) is 44.4 Å². The molecule has 0 bridgehead atoms. The van der Waals surface area contributed by atoms with Crippen LogP contribution in [0.1, 0.15) is 11.5 Å². The molecule has 5 nitrogen and oxygen atoms in total. The molecule has 1 unspecified atom stereocenters. The molecule has 3 aromatic rings. The average molecular weight is 505 g/mol. The number of aliphatic imine (C=N–C) groups is 1. The summed E-state index contributed by atoms with van der Waals surface area (Å²) in [6.07, 6.45) is 0. The summed E-state index contributed by atoms with van der Waals surface area (Å²) < 4.78 is 5.94. The first kappa shape index (κ1) is 23.0. The van der Waals surface area contributed by atoms with Crippen LogP contribution in [0.2, 0.25) is 0 Å². The van der Waals surface area contributed by atoms with E-state index >= 15 is 0 Å². The van der Waals surface area contributed by atoms with Crippen LogP contribution < -0.4 is 15.4 Å². The first-order valence-corrected chi connectivity index (χ1v) is 9.52. The molecule has 0 aliphatic rings. The Morgan fingerprint density at radius 2 is 1.69 bits per heavy atom. The van der Waals surface area contributed by atoms with Crippen molar-refractivity contribution >= 4 is 40.7 Å². The number of rotatable bonds is 8. The molecule has 0 saturated heterocycles. The van der Waals surface area contributed by atoms with Crippen molar-refractivity contribution in [2.24, 2.45) is 4.99 Å². The Balaban J connectivity index is 0.00000300. The average Bonchev–Trinajstić information content (AvgIpc) is 2.76. The monoisotopic (exact) mass is 505 g/mol. The lowest BCUT2D eigenvalue weighted by Crippen LogP contribution is -2.41. The topological polar surface area (TPSA) is 65.9 Å². The smallest absolute Gasteiger partial charge is 0.191 e. The molecule has 154 valence electrons. The maximum Gasteiger partial charge on any atom is 0.191 e. The van der Waals surface area contributed by atoms with Crippen molar-refractivity contribution in [3.8, 4) is 5.75 Å². The standard InChI is InChI=1S/C23H27N3O2.HI/c1-24-23(26-16-20(17-27)18-8-3-2-4-9-18)25-14-15-28-22-13-7-11-19-10-5-6-12-21(19)22;/h2-13,20,27H,14-17H2,1H3,(H2,24,25,26);1H. The van der Waals surface area contributed by atoms with E-state index in [4.69, 9.17) is 4.74 Å². The Bertz CT molecular complexity index is 898. The molecule has 3 rings (SSSR count). The Kier molecular flexibility index (Phi) is 9.73. The molecule has 0 aliphatic carbocycles. The van der Waals surface area contributed by atoms with Crippen LogP contribution >= 0.6 is 24.0 Å². The number of benzene rings is 3. The summed E-state index contributed by atoms with van der Waals surface area (Å²) in [4.78, 5) is 4.24. The lowest BCUT2D eigenvalue weighted by atomic mass is 10.0. The van der Waals surface area contributed by atoms with Gasteiger partial charge in [0.2, 0.25) is 0 Å². The highest BCUT2D eigenvalue weighted by molar-refractivity contribution is 14.0. The summed E-state index contributed by atoms with van der Waals surface area (Å²) in [5.41, 5.74) is 1.10. The van der Waals surface area contributed by atoms with Gasteiger partial charge in [-0.2, -0.15) is 0 Å². The van der Waals surface area contributed by atoms with Crippen LogP contribution in [0.3, 0.4) is 0 Å². The van der Waals surface area contributed by atoms with Gasteiger partial charge in [0, 0.05) is 24.9 Å². The van der Waals surface area contributed by atoms with Crippen molar-refractivity contribution in [1.29, 1.82) is 0 Å². The van der Waals surface area contributed by atoms with E-state index in [9.17, 15) is 5.11 Å². The molecule has 3 N–H and O–H groups in total. The van der Waals surface area contributed by atoms with Crippen molar-refractivity contribution in [2.45, 2.75) is 5.92 Å². The van der Waals surface area contributed by atoms with Gasteiger partial charge >= 0.3 is 0 Å². The zero-order valence-electron chi connectivity index (χ0n) is 16.5. The molecule has 3 aromatic carbocycles. The molecule has 0 heterocycles. The maximum atomic E-state index is 9.67. The van der Waals surface area contributed by atoms with E-state index in [1.54, 1.807) is 7.05 Å². The van der Waals surface area contributed by atoms with Gasteiger partial charge in [0.15, 0.2) is 5.96 Å². The van der Waals surface area contributed by atoms with E-state index in [0.29, 0.717) is 25.7 Å². The summed E-state index contributed by atoms with van der Waals surface area (Å²) in [7, 11) is 1.73. The SMILES string of the molecule is CN=C(NCCOc1cccc2ccccc12)NCC(CO)c1ccccc1.I. The van der Waals surface area contributed by atoms with E-state index < -0.39 is 0 Å². The quantitative estimate of drug-likeness (QED) is 0.189. The molecular formula is C23H28IN3O2. The van der Waals surface area contributed by atoms with Gasteiger partial charge in [0.25, 0.3) is 0 Å². The molecule has 1 atom stereocenters. The highest BCUT2D eigenvalue weighted by atomic mass is 127. The predicted octanol–water partition coefficient (Wildman–Crippen LogP) is 3.78. The summed E-state index contributed by atoms with van der Waals surface area (Å²) in [5, 5.41) is 18.5. The zero-order chi connectivity index (χ0) is 19.6. The number of guanidine groups is 1. The lowest BCUT2D eigenvalue weighted by molar-refractivity contribution is 0.265. The fraction of sp³-hybridized carbons (Fsp3) is 0.261. The molecule has 29 heavy (non-hydrogen) atoms. The van der Waals surface area contributed by atoms with Gasteiger partial charge in [-0.15, -0.1) is 24.0 Å². The van der Waals surface area contributed by atoms with Gasteiger partial charge < -0.3 is 20.5 Å². The largest absolute Gasteiger partial charge is 0.491 e. The molecule has 6 heteroatoms. The number of ether oxygens (including phenoxy) is 1. The summed E-state index contributed by atoms with van der Waals surface area (Å²) >= 11 is 0. The lowest BCUT2D eigenvalue weighted by Gasteiger charge is -2.18. The Hall–Kier alpha value is -2.32. The highest BCUT2D eigenvalue weighted by Crippen LogP contribution is 2.24. The molecule has 0 aliphatic heterocycles. The summed E-state index contributed by atoms with van der Waals surface area (Å²) in [6.45, 7) is 1.83. The number of nitrogens with one attached hydrogen (secondary N) is 2. The second-order valence-electron chi connectivity index (χ2n) is 6.50. The molecule has 0 amide bonds. The van der Waals surface area contributed by atoms with Gasteiger partial charge in [-0.3, -0.25) is 4.99 Å². The van der Waals surface area contributed by atoms with E-state index in [-0.39, 0.29) is 36.5 Å². The van der Waals surface area contributed by atoms with Crippen molar-refractivity contribution < 1.29 is 9.84 Å². The second kappa shape index (κ2) is 12.3. The van der Waals surface area contributed by atoms with Crippen LogP contribution in [0.5, 0.6) is 5.75 Å². The number of aliphatic hydroxyl groups excluding tert-OH is 1.